The zero-order chi connectivity index (χ0) is 9.26. The molecular weight excluding hydrogens is 172 g/mol. The summed E-state index contributed by atoms with van der Waals surface area (Å²) in [6.07, 6.45) is 2.10. The molecule has 0 radical (unpaired) electrons. The highest BCUT2D eigenvalue weighted by Gasteiger charge is 2.27. The fraction of sp³-hybridized carbons (Fsp3) is 0.750. The standard InChI is InChI=1S/C8H12N2O3/c1-5-2-3-6(12-5)8-9-7(4-11)10-13-8/h5-6,11H,2-4H2,1H3. The van der Waals surface area contributed by atoms with Crippen molar-refractivity contribution in [3.63, 3.8) is 0 Å². The molecule has 0 spiro atoms. The van der Waals surface area contributed by atoms with Crippen LogP contribution in [-0.2, 0) is 11.3 Å². The molecular formula is C8H12N2O3. The van der Waals surface area contributed by atoms with E-state index >= 15 is 0 Å². The van der Waals surface area contributed by atoms with Crippen LogP contribution in [0.15, 0.2) is 4.52 Å². The van der Waals surface area contributed by atoms with Crippen molar-refractivity contribution in [3.05, 3.63) is 11.7 Å². The lowest BCUT2D eigenvalue weighted by Crippen LogP contribution is -2.01. The Morgan fingerprint density at radius 2 is 2.38 bits per heavy atom. The molecule has 1 aromatic heterocycles. The summed E-state index contributed by atoms with van der Waals surface area (Å²) >= 11 is 0. The summed E-state index contributed by atoms with van der Waals surface area (Å²) in [5.41, 5.74) is 0. The summed E-state index contributed by atoms with van der Waals surface area (Å²) in [6, 6.07) is 0. The van der Waals surface area contributed by atoms with Gasteiger partial charge in [-0.2, -0.15) is 4.98 Å². The van der Waals surface area contributed by atoms with Gasteiger partial charge in [0.05, 0.1) is 6.10 Å². The van der Waals surface area contributed by atoms with E-state index in [1.807, 2.05) is 6.92 Å². The van der Waals surface area contributed by atoms with Gasteiger partial charge < -0.3 is 14.4 Å². The molecule has 2 rings (SSSR count). The molecule has 2 atom stereocenters. The summed E-state index contributed by atoms with van der Waals surface area (Å²) < 4.78 is 10.5. The van der Waals surface area contributed by atoms with E-state index in [0.29, 0.717) is 11.7 Å². The van der Waals surface area contributed by atoms with Gasteiger partial charge in [0.2, 0.25) is 0 Å². The lowest BCUT2D eigenvalue weighted by molar-refractivity contribution is 0.0355. The Morgan fingerprint density at radius 1 is 1.54 bits per heavy atom. The fourth-order valence-corrected chi connectivity index (χ4v) is 1.45. The second-order valence-corrected chi connectivity index (χ2v) is 3.22. The first-order chi connectivity index (χ1) is 6.29. The van der Waals surface area contributed by atoms with Gasteiger partial charge in [-0.3, -0.25) is 0 Å². The van der Waals surface area contributed by atoms with Gasteiger partial charge in [-0.25, -0.2) is 0 Å². The quantitative estimate of drug-likeness (QED) is 0.736. The van der Waals surface area contributed by atoms with Crippen LogP contribution in [0, 0.1) is 0 Å². The molecule has 0 saturated carbocycles. The molecule has 0 amide bonds. The van der Waals surface area contributed by atoms with Gasteiger partial charge >= 0.3 is 0 Å². The molecule has 1 N–H and O–H groups in total. The maximum Gasteiger partial charge on any atom is 0.255 e. The molecule has 0 aromatic carbocycles. The number of ether oxygens (including phenoxy) is 1. The summed E-state index contributed by atoms with van der Waals surface area (Å²) in [6.45, 7) is 1.83. The zero-order valence-corrected chi connectivity index (χ0v) is 7.43. The number of aliphatic hydroxyl groups excluding tert-OH is 1. The smallest absolute Gasteiger partial charge is 0.255 e. The maximum absolute atomic E-state index is 8.72. The van der Waals surface area contributed by atoms with Gasteiger partial charge in [0, 0.05) is 0 Å². The average Bonchev–Trinajstić information content (AvgIpc) is 2.71. The highest BCUT2D eigenvalue weighted by atomic mass is 16.5. The number of rotatable bonds is 2. The van der Waals surface area contributed by atoms with Crippen LogP contribution in [0.25, 0.3) is 0 Å². The minimum atomic E-state index is -0.189. The summed E-state index contributed by atoms with van der Waals surface area (Å²) in [4.78, 5) is 3.99. The van der Waals surface area contributed by atoms with Gasteiger partial charge in [-0.05, 0) is 19.8 Å². The monoisotopic (exact) mass is 184 g/mol. The largest absolute Gasteiger partial charge is 0.388 e. The normalized spacial score (nSPS) is 28.2. The molecule has 5 nitrogen and oxygen atoms in total. The topological polar surface area (TPSA) is 68.4 Å². The van der Waals surface area contributed by atoms with Crippen LogP contribution in [0.1, 0.15) is 37.6 Å². The van der Waals surface area contributed by atoms with Gasteiger partial charge in [0.15, 0.2) is 5.82 Å². The van der Waals surface area contributed by atoms with E-state index in [1.54, 1.807) is 0 Å². The minimum Gasteiger partial charge on any atom is -0.388 e. The molecule has 1 aliphatic heterocycles. The zero-order valence-electron chi connectivity index (χ0n) is 7.43. The Labute approximate surface area is 75.7 Å². The predicted molar refractivity (Wildman–Crippen MR) is 42.7 cm³/mol. The summed E-state index contributed by atoms with van der Waals surface area (Å²) in [5.74, 6) is 0.798. The molecule has 2 unspecified atom stereocenters. The van der Waals surface area contributed by atoms with E-state index in [4.69, 9.17) is 14.4 Å². The van der Waals surface area contributed by atoms with Crippen LogP contribution >= 0.6 is 0 Å². The SMILES string of the molecule is CC1CCC(c2nc(CO)no2)O1. The van der Waals surface area contributed by atoms with Gasteiger partial charge in [-0.15, -0.1) is 0 Å². The van der Waals surface area contributed by atoms with E-state index in [-0.39, 0.29) is 18.8 Å². The first-order valence-electron chi connectivity index (χ1n) is 4.38. The Kier molecular flexibility index (Phi) is 2.28. The average molecular weight is 184 g/mol. The highest BCUT2D eigenvalue weighted by molar-refractivity contribution is 4.91. The van der Waals surface area contributed by atoms with Gasteiger partial charge in [-0.1, -0.05) is 5.16 Å². The van der Waals surface area contributed by atoms with Crippen LogP contribution in [0.5, 0.6) is 0 Å². The van der Waals surface area contributed by atoms with Crippen molar-refractivity contribution >= 4 is 0 Å². The third-order valence-electron chi connectivity index (χ3n) is 2.13. The molecule has 0 bridgehead atoms. The lowest BCUT2D eigenvalue weighted by atomic mass is 10.2. The first kappa shape index (κ1) is 8.65. The molecule has 5 heteroatoms. The molecule has 72 valence electrons. The van der Waals surface area contributed by atoms with Gasteiger partial charge in [0.1, 0.15) is 12.7 Å². The number of aromatic nitrogens is 2. The molecule has 1 fully saturated rings. The fourth-order valence-electron chi connectivity index (χ4n) is 1.45. The molecule has 2 heterocycles. The molecule has 1 saturated heterocycles. The molecule has 1 aliphatic rings. The highest BCUT2D eigenvalue weighted by Crippen LogP contribution is 2.31. The van der Waals surface area contributed by atoms with Crippen molar-refractivity contribution < 1.29 is 14.4 Å². The van der Waals surface area contributed by atoms with Crippen molar-refractivity contribution in [3.8, 4) is 0 Å². The second kappa shape index (κ2) is 3.43. The Morgan fingerprint density at radius 3 is 2.92 bits per heavy atom. The van der Waals surface area contributed by atoms with E-state index in [2.05, 4.69) is 10.1 Å². The van der Waals surface area contributed by atoms with Crippen molar-refractivity contribution in [1.29, 1.82) is 0 Å². The summed E-state index contributed by atoms with van der Waals surface area (Å²) in [5, 5.41) is 12.3. The predicted octanol–water partition coefficient (Wildman–Crippen LogP) is 0.802. The number of nitrogens with zero attached hydrogens (tertiary/aromatic N) is 2. The van der Waals surface area contributed by atoms with Crippen molar-refractivity contribution in [2.45, 2.75) is 38.6 Å². The van der Waals surface area contributed by atoms with Crippen LogP contribution in [-0.4, -0.2) is 21.4 Å². The Balaban J connectivity index is 2.08. The van der Waals surface area contributed by atoms with E-state index < -0.39 is 0 Å². The number of hydrogen-bond donors (Lipinski definition) is 1. The van der Waals surface area contributed by atoms with E-state index in [0.717, 1.165) is 12.8 Å². The molecule has 13 heavy (non-hydrogen) atoms. The Bertz CT molecular complexity index is 287. The Hall–Kier alpha value is -0.940. The maximum atomic E-state index is 8.72. The van der Waals surface area contributed by atoms with E-state index in [1.165, 1.54) is 0 Å². The second-order valence-electron chi connectivity index (χ2n) is 3.22. The van der Waals surface area contributed by atoms with Crippen molar-refractivity contribution in [2.75, 3.05) is 0 Å². The molecule has 1 aromatic rings. The molecule has 0 aliphatic carbocycles. The third-order valence-corrected chi connectivity index (χ3v) is 2.13. The van der Waals surface area contributed by atoms with Crippen molar-refractivity contribution in [2.24, 2.45) is 0 Å². The first-order valence-corrected chi connectivity index (χ1v) is 4.38. The van der Waals surface area contributed by atoms with Crippen LogP contribution in [0.3, 0.4) is 0 Å². The van der Waals surface area contributed by atoms with Crippen LogP contribution < -0.4 is 0 Å². The number of aliphatic hydroxyl groups is 1. The van der Waals surface area contributed by atoms with Gasteiger partial charge in [0.25, 0.3) is 5.89 Å². The van der Waals surface area contributed by atoms with Crippen molar-refractivity contribution in [1.82, 2.24) is 10.1 Å². The van der Waals surface area contributed by atoms with Crippen LogP contribution in [0.4, 0.5) is 0 Å². The van der Waals surface area contributed by atoms with E-state index in [9.17, 15) is 0 Å². The lowest BCUT2D eigenvalue weighted by Gasteiger charge is -2.04. The third kappa shape index (κ3) is 1.71. The number of hydrogen-bond acceptors (Lipinski definition) is 5. The summed E-state index contributed by atoms with van der Waals surface area (Å²) in [7, 11) is 0. The minimum absolute atomic E-state index is 0.0807. The van der Waals surface area contributed by atoms with Crippen LogP contribution in [0.2, 0.25) is 0 Å².